The molecular weight excluding hydrogens is 448 g/mol. The molecule has 0 aromatic heterocycles. The zero-order chi connectivity index (χ0) is 24.2. The average Bonchev–Trinajstić information content (AvgIpc) is 2.68. The van der Waals surface area contributed by atoms with Gasteiger partial charge in [-0.3, -0.25) is 19.5 Å². The van der Waals surface area contributed by atoms with E-state index >= 15 is 0 Å². The lowest BCUT2D eigenvalue weighted by molar-refractivity contribution is -0.384. The number of aliphatic hydroxyl groups excluding tert-OH is 1. The molecule has 0 spiro atoms. The van der Waals surface area contributed by atoms with Crippen LogP contribution in [0.15, 0.2) is 56.9 Å². The van der Waals surface area contributed by atoms with Gasteiger partial charge in [-0.25, -0.2) is 0 Å². The number of phenolic OH excluding ortho intramolecular Hbond substituents is 1. The third-order valence-corrected chi connectivity index (χ3v) is 5.00. The maximum Gasteiger partial charge on any atom is 0.294 e. The second kappa shape index (κ2) is 9.40. The lowest BCUT2D eigenvalue weighted by Gasteiger charge is -2.13. The molecular formula is C18H18N4O9S. The molecule has 2 aromatic carbocycles. The molecule has 14 heteroatoms. The lowest BCUT2D eigenvalue weighted by atomic mass is 10.2. The standard InChI is InChI=1S/C18H18N4O9S/c1-9-6-13(15(31-3)8-16(9)32(28,29)30)19-18(25)17(10(2)23)21-20-12-7-11(22(26)27)4-5-14(12)24/h4-8,23-24H,1-3H3,(H,19,25)(H,28,29,30). The minimum absolute atomic E-state index is 0.00505. The molecule has 0 bridgehead atoms. The van der Waals surface area contributed by atoms with Crippen molar-refractivity contribution in [2.24, 2.45) is 10.2 Å². The van der Waals surface area contributed by atoms with Crippen LogP contribution in [0.3, 0.4) is 0 Å². The number of hydrogen-bond donors (Lipinski definition) is 4. The lowest BCUT2D eigenvalue weighted by Crippen LogP contribution is -2.16. The second-order valence-corrected chi connectivity index (χ2v) is 7.70. The number of carbonyl (C=O) groups excluding carboxylic acids is 1. The fourth-order valence-electron chi connectivity index (χ4n) is 2.49. The molecule has 2 aromatic rings. The maximum atomic E-state index is 12.6. The summed E-state index contributed by atoms with van der Waals surface area (Å²) in [6.45, 7) is 2.50. The maximum absolute atomic E-state index is 12.6. The molecule has 0 aliphatic carbocycles. The largest absolute Gasteiger partial charge is 0.510 e. The van der Waals surface area contributed by atoms with E-state index in [1.54, 1.807) is 0 Å². The van der Waals surface area contributed by atoms with Crippen LogP contribution < -0.4 is 10.1 Å². The number of nitrogens with one attached hydrogen (secondary N) is 1. The predicted molar refractivity (Wildman–Crippen MR) is 111 cm³/mol. The topological polar surface area (TPSA) is 201 Å². The minimum Gasteiger partial charge on any atom is -0.510 e. The van der Waals surface area contributed by atoms with Gasteiger partial charge < -0.3 is 20.3 Å². The molecule has 0 heterocycles. The van der Waals surface area contributed by atoms with Crippen LogP contribution in [0.25, 0.3) is 0 Å². The third kappa shape index (κ3) is 5.55. The van der Waals surface area contributed by atoms with E-state index in [1.165, 1.54) is 20.1 Å². The Balaban J connectivity index is 2.40. The van der Waals surface area contributed by atoms with E-state index < -0.39 is 43.0 Å². The van der Waals surface area contributed by atoms with Crippen molar-refractivity contribution in [3.8, 4) is 11.5 Å². The van der Waals surface area contributed by atoms with Gasteiger partial charge in [0.1, 0.15) is 27.8 Å². The average molecular weight is 466 g/mol. The monoisotopic (exact) mass is 466 g/mol. The molecule has 0 atom stereocenters. The number of ether oxygens (including phenoxy) is 1. The summed E-state index contributed by atoms with van der Waals surface area (Å²) in [4.78, 5) is 22.3. The van der Waals surface area contributed by atoms with E-state index in [0.717, 1.165) is 31.2 Å². The summed E-state index contributed by atoms with van der Waals surface area (Å²) in [5, 5.41) is 40.0. The minimum atomic E-state index is -4.54. The van der Waals surface area contributed by atoms with E-state index in [-0.39, 0.29) is 28.4 Å². The summed E-state index contributed by atoms with van der Waals surface area (Å²) < 4.78 is 37.2. The number of aromatic hydroxyl groups is 1. The van der Waals surface area contributed by atoms with Crippen LogP contribution in [0, 0.1) is 17.0 Å². The molecule has 4 N–H and O–H groups in total. The van der Waals surface area contributed by atoms with Crippen molar-refractivity contribution in [2.75, 3.05) is 12.4 Å². The van der Waals surface area contributed by atoms with Gasteiger partial charge in [0.15, 0.2) is 5.70 Å². The zero-order valence-electron chi connectivity index (χ0n) is 16.9. The van der Waals surface area contributed by atoms with Crippen LogP contribution in [-0.4, -0.2) is 41.1 Å². The van der Waals surface area contributed by atoms with Crippen molar-refractivity contribution >= 4 is 33.1 Å². The van der Waals surface area contributed by atoms with Gasteiger partial charge in [-0.2, -0.15) is 8.42 Å². The quantitative estimate of drug-likeness (QED) is 0.118. The number of rotatable bonds is 7. The van der Waals surface area contributed by atoms with Gasteiger partial charge in [-0.15, -0.1) is 10.2 Å². The van der Waals surface area contributed by atoms with E-state index in [1.807, 2.05) is 0 Å². The highest BCUT2D eigenvalue weighted by molar-refractivity contribution is 7.85. The Morgan fingerprint density at radius 2 is 1.91 bits per heavy atom. The van der Waals surface area contributed by atoms with Crippen molar-refractivity contribution in [3.05, 3.63) is 57.5 Å². The number of nitrogens with zero attached hydrogens (tertiary/aromatic N) is 3. The number of phenols is 1. The first kappa shape index (κ1) is 24.2. The van der Waals surface area contributed by atoms with E-state index in [4.69, 9.17) is 4.74 Å². The number of amides is 1. The summed E-state index contributed by atoms with van der Waals surface area (Å²) >= 11 is 0. The second-order valence-electron chi connectivity index (χ2n) is 6.31. The molecule has 1 amide bonds. The molecule has 0 fully saturated rings. The van der Waals surface area contributed by atoms with Crippen LogP contribution in [0.4, 0.5) is 17.1 Å². The van der Waals surface area contributed by atoms with Crippen LogP contribution >= 0.6 is 0 Å². The molecule has 32 heavy (non-hydrogen) atoms. The number of allylic oxidation sites excluding steroid dienone is 1. The Hall–Kier alpha value is -4.04. The number of aryl methyl sites for hydroxylation is 1. The highest BCUT2D eigenvalue weighted by Crippen LogP contribution is 2.33. The molecule has 0 unspecified atom stereocenters. The summed E-state index contributed by atoms with van der Waals surface area (Å²) in [5.41, 5.74) is -1.22. The first-order chi connectivity index (χ1) is 14.8. The summed E-state index contributed by atoms with van der Waals surface area (Å²) in [6.07, 6.45) is 0. The number of anilines is 1. The molecule has 0 aliphatic heterocycles. The van der Waals surface area contributed by atoms with E-state index in [0.29, 0.717) is 0 Å². The SMILES string of the molecule is COc1cc(S(=O)(=O)O)c(C)cc1NC(=O)C(N=Nc1cc([N+](=O)[O-])ccc1O)=C(C)O. The number of nitro groups is 1. The highest BCUT2D eigenvalue weighted by Gasteiger charge is 2.21. The first-order valence-electron chi connectivity index (χ1n) is 8.61. The van der Waals surface area contributed by atoms with E-state index in [9.17, 15) is 38.1 Å². The Kier molecular flexibility index (Phi) is 7.12. The van der Waals surface area contributed by atoms with Crippen molar-refractivity contribution in [2.45, 2.75) is 18.7 Å². The molecule has 170 valence electrons. The van der Waals surface area contributed by atoms with E-state index in [2.05, 4.69) is 15.5 Å². The van der Waals surface area contributed by atoms with Gasteiger partial charge in [-0.1, -0.05) is 0 Å². The molecule has 0 saturated heterocycles. The summed E-state index contributed by atoms with van der Waals surface area (Å²) in [5.74, 6) is -2.12. The molecule has 13 nitrogen and oxygen atoms in total. The fourth-order valence-corrected chi connectivity index (χ4v) is 3.21. The van der Waals surface area contributed by atoms with Crippen LogP contribution in [0.5, 0.6) is 11.5 Å². The Morgan fingerprint density at radius 3 is 2.44 bits per heavy atom. The number of nitro benzene ring substituents is 1. The van der Waals surface area contributed by atoms with Crippen LogP contribution in [0.2, 0.25) is 0 Å². The smallest absolute Gasteiger partial charge is 0.294 e. The van der Waals surface area contributed by atoms with Gasteiger partial charge in [0.25, 0.3) is 21.7 Å². The third-order valence-electron chi connectivity index (χ3n) is 4.01. The number of aliphatic hydroxyl groups is 1. The predicted octanol–water partition coefficient (Wildman–Crippen LogP) is 3.38. The Labute approximate surface area is 181 Å². The highest BCUT2D eigenvalue weighted by atomic mass is 32.2. The van der Waals surface area contributed by atoms with Crippen molar-refractivity contribution in [3.63, 3.8) is 0 Å². The number of hydrogen-bond acceptors (Lipinski definition) is 10. The van der Waals surface area contributed by atoms with Crippen LogP contribution in [0.1, 0.15) is 12.5 Å². The Bertz CT molecular complexity index is 1250. The van der Waals surface area contributed by atoms with Crippen molar-refractivity contribution in [1.82, 2.24) is 0 Å². The first-order valence-corrected chi connectivity index (χ1v) is 10.1. The van der Waals surface area contributed by atoms with Gasteiger partial charge in [0.05, 0.1) is 17.7 Å². The summed E-state index contributed by atoms with van der Waals surface area (Å²) in [6, 6.07) is 5.19. The Morgan fingerprint density at radius 1 is 1.25 bits per heavy atom. The van der Waals surface area contributed by atoms with Crippen molar-refractivity contribution < 1.29 is 37.6 Å². The number of azo groups is 1. The van der Waals surface area contributed by atoms with Gasteiger partial charge in [0, 0.05) is 18.2 Å². The van der Waals surface area contributed by atoms with Gasteiger partial charge >= 0.3 is 0 Å². The molecule has 0 radical (unpaired) electrons. The van der Waals surface area contributed by atoms with Crippen LogP contribution in [-0.2, 0) is 14.9 Å². The number of carbonyl (C=O) groups is 1. The number of benzene rings is 2. The molecule has 2 rings (SSSR count). The molecule has 0 aliphatic rings. The fraction of sp³-hybridized carbons (Fsp3) is 0.167. The number of non-ortho nitro benzene ring substituents is 1. The van der Waals surface area contributed by atoms with Gasteiger partial charge in [-0.05, 0) is 31.5 Å². The number of methoxy groups -OCH3 is 1. The summed E-state index contributed by atoms with van der Waals surface area (Å²) in [7, 11) is -3.34. The zero-order valence-corrected chi connectivity index (χ0v) is 17.7. The normalized spacial score (nSPS) is 12.4. The van der Waals surface area contributed by atoms with Crippen molar-refractivity contribution in [1.29, 1.82) is 0 Å². The van der Waals surface area contributed by atoms with Gasteiger partial charge in [0.2, 0.25) is 0 Å². The molecule has 0 saturated carbocycles.